The van der Waals surface area contributed by atoms with Gasteiger partial charge in [-0.1, -0.05) is 0 Å². The van der Waals surface area contributed by atoms with Crippen molar-refractivity contribution in [1.29, 1.82) is 0 Å². The Balaban J connectivity index is 2.39. The Kier molecular flexibility index (Phi) is 2.64. The van der Waals surface area contributed by atoms with Gasteiger partial charge in [0.2, 0.25) is 5.56 Å². The zero-order chi connectivity index (χ0) is 11.7. The first kappa shape index (κ1) is 10.7. The van der Waals surface area contributed by atoms with Crippen LogP contribution in [0.3, 0.4) is 0 Å². The summed E-state index contributed by atoms with van der Waals surface area (Å²) in [6.45, 7) is 2.03. The van der Waals surface area contributed by atoms with Crippen molar-refractivity contribution >= 4 is 11.8 Å². The quantitative estimate of drug-likeness (QED) is 0.706. The molecule has 0 radical (unpaired) electrons. The third-order valence-electron chi connectivity index (χ3n) is 2.78. The van der Waals surface area contributed by atoms with E-state index in [2.05, 4.69) is 4.99 Å². The number of aryl methyl sites for hydroxylation is 1. The van der Waals surface area contributed by atoms with Crippen LogP contribution in [0.1, 0.15) is 12.5 Å². The summed E-state index contributed by atoms with van der Waals surface area (Å²) in [6.07, 6.45) is 5.89. The van der Waals surface area contributed by atoms with E-state index in [0.29, 0.717) is 0 Å². The fourth-order valence-electron chi connectivity index (χ4n) is 1.57. The molecule has 0 aliphatic carbocycles. The first-order valence-electron chi connectivity index (χ1n) is 5.22. The molecule has 0 aromatic carbocycles. The van der Waals surface area contributed by atoms with E-state index in [1.807, 2.05) is 43.5 Å². The highest BCUT2D eigenvalue weighted by Gasteiger charge is 2.10. The van der Waals surface area contributed by atoms with Gasteiger partial charge < -0.3 is 9.47 Å². The standard InChI is InChI=1S/C12H15N3O/c1-9-13-6-11(8-14(9)2)10-4-5-12(16)15(3)7-10/h4-9H,1-3H3. The molecule has 1 aromatic heterocycles. The second-order valence-corrected chi connectivity index (χ2v) is 4.03. The highest BCUT2D eigenvalue weighted by Crippen LogP contribution is 2.16. The lowest BCUT2D eigenvalue weighted by atomic mass is 10.1. The van der Waals surface area contributed by atoms with Crippen molar-refractivity contribution in [3.63, 3.8) is 0 Å². The molecule has 1 aromatic rings. The Bertz CT molecular complexity index is 513. The zero-order valence-electron chi connectivity index (χ0n) is 9.71. The minimum Gasteiger partial charge on any atom is -0.359 e. The average Bonchev–Trinajstić information content (AvgIpc) is 2.26. The number of hydrogen-bond donors (Lipinski definition) is 0. The van der Waals surface area contributed by atoms with Gasteiger partial charge >= 0.3 is 0 Å². The molecule has 0 N–H and O–H groups in total. The average molecular weight is 217 g/mol. The second-order valence-electron chi connectivity index (χ2n) is 4.03. The summed E-state index contributed by atoms with van der Waals surface area (Å²) >= 11 is 0. The molecule has 1 unspecified atom stereocenters. The SMILES string of the molecule is CC1N=CC(c2ccc(=O)n(C)c2)=CN1C. The molecule has 2 heterocycles. The molecule has 1 aliphatic rings. The number of allylic oxidation sites excluding steroid dienone is 1. The van der Waals surface area contributed by atoms with Crippen LogP contribution in [0.4, 0.5) is 0 Å². The van der Waals surface area contributed by atoms with Crippen LogP contribution in [0.25, 0.3) is 5.57 Å². The minimum absolute atomic E-state index is 0.00109. The molecule has 1 aliphatic heterocycles. The van der Waals surface area contributed by atoms with E-state index in [9.17, 15) is 4.79 Å². The molecular weight excluding hydrogens is 202 g/mol. The highest BCUT2D eigenvalue weighted by atomic mass is 16.1. The number of pyridine rings is 1. The Labute approximate surface area is 94.5 Å². The second kappa shape index (κ2) is 3.96. The molecule has 84 valence electrons. The Hall–Kier alpha value is -1.84. The van der Waals surface area contributed by atoms with Gasteiger partial charge in [0.05, 0.1) is 0 Å². The van der Waals surface area contributed by atoms with Gasteiger partial charge in [-0.15, -0.1) is 0 Å². The lowest BCUT2D eigenvalue weighted by Crippen LogP contribution is -2.25. The largest absolute Gasteiger partial charge is 0.359 e. The van der Waals surface area contributed by atoms with Gasteiger partial charge in [-0.25, -0.2) is 0 Å². The van der Waals surface area contributed by atoms with Crippen molar-refractivity contribution in [2.75, 3.05) is 7.05 Å². The maximum atomic E-state index is 11.3. The topological polar surface area (TPSA) is 37.6 Å². The van der Waals surface area contributed by atoms with Crippen LogP contribution in [0.5, 0.6) is 0 Å². The number of hydrogen-bond acceptors (Lipinski definition) is 3. The van der Waals surface area contributed by atoms with Gasteiger partial charge in [-0.05, 0) is 13.0 Å². The van der Waals surface area contributed by atoms with Crippen LogP contribution in [0, 0.1) is 0 Å². The fraction of sp³-hybridized carbons (Fsp3) is 0.333. The lowest BCUT2D eigenvalue weighted by Gasteiger charge is -2.24. The van der Waals surface area contributed by atoms with Gasteiger partial charge in [-0.3, -0.25) is 9.79 Å². The Morgan fingerprint density at radius 2 is 2.06 bits per heavy atom. The summed E-state index contributed by atoms with van der Waals surface area (Å²) < 4.78 is 1.57. The van der Waals surface area contributed by atoms with E-state index >= 15 is 0 Å². The van der Waals surface area contributed by atoms with Gasteiger partial charge in [0.25, 0.3) is 0 Å². The zero-order valence-corrected chi connectivity index (χ0v) is 9.71. The van der Waals surface area contributed by atoms with E-state index in [0.717, 1.165) is 11.1 Å². The van der Waals surface area contributed by atoms with Crippen molar-refractivity contribution < 1.29 is 0 Å². The van der Waals surface area contributed by atoms with Crippen molar-refractivity contribution in [1.82, 2.24) is 9.47 Å². The summed E-state index contributed by atoms with van der Waals surface area (Å²) in [5.74, 6) is 0. The monoisotopic (exact) mass is 217 g/mol. The van der Waals surface area contributed by atoms with Crippen LogP contribution in [-0.2, 0) is 7.05 Å². The molecule has 16 heavy (non-hydrogen) atoms. The smallest absolute Gasteiger partial charge is 0.250 e. The lowest BCUT2D eigenvalue weighted by molar-refractivity contribution is 0.362. The first-order chi connectivity index (χ1) is 7.58. The summed E-state index contributed by atoms with van der Waals surface area (Å²) in [6, 6.07) is 3.39. The maximum absolute atomic E-state index is 11.3. The molecule has 1 atom stereocenters. The highest BCUT2D eigenvalue weighted by molar-refractivity contribution is 6.10. The van der Waals surface area contributed by atoms with Crippen molar-refractivity contribution in [2.45, 2.75) is 13.1 Å². The number of rotatable bonds is 1. The van der Waals surface area contributed by atoms with Crippen LogP contribution in [0.15, 0.2) is 34.3 Å². The Morgan fingerprint density at radius 3 is 2.69 bits per heavy atom. The van der Waals surface area contributed by atoms with Gasteiger partial charge in [0.1, 0.15) is 6.17 Å². The van der Waals surface area contributed by atoms with Crippen LogP contribution in [0.2, 0.25) is 0 Å². The van der Waals surface area contributed by atoms with Gasteiger partial charge in [-0.2, -0.15) is 0 Å². The first-order valence-corrected chi connectivity index (χ1v) is 5.22. The predicted octanol–water partition coefficient (Wildman–Crippen LogP) is 1.09. The van der Waals surface area contributed by atoms with E-state index in [1.54, 1.807) is 17.7 Å². The predicted molar refractivity (Wildman–Crippen MR) is 65.4 cm³/mol. The van der Waals surface area contributed by atoms with Gasteiger partial charge in [0.15, 0.2) is 0 Å². The third kappa shape index (κ3) is 1.91. The summed E-state index contributed by atoms with van der Waals surface area (Å²) in [4.78, 5) is 17.7. The van der Waals surface area contributed by atoms with Crippen LogP contribution >= 0.6 is 0 Å². The van der Waals surface area contributed by atoms with E-state index in [4.69, 9.17) is 0 Å². The Morgan fingerprint density at radius 1 is 1.31 bits per heavy atom. The van der Waals surface area contributed by atoms with E-state index < -0.39 is 0 Å². The molecule has 4 nitrogen and oxygen atoms in total. The summed E-state index contributed by atoms with van der Waals surface area (Å²) in [7, 11) is 3.74. The van der Waals surface area contributed by atoms with Gasteiger partial charge in [0, 0.05) is 49.9 Å². The number of aliphatic imine (C=N–C) groups is 1. The molecule has 0 spiro atoms. The number of aromatic nitrogens is 1. The fourth-order valence-corrected chi connectivity index (χ4v) is 1.57. The van der Waals surface area contributed by atoms with Crippen LogP contribution in [-0.4, -0.2) is 28.9 Å². The third-order valence-corrected chi connectivity index (χ3v) is 2.78. The molecule has 4 heteroatoms. The molecule has 0 saturated carbocycles. The molecular formula is C12H15N3O. The molecule has 0 fully saturated rings. The summed E-state index contributed by atoms with van der Waals surface area (Å²) in [5, 5.41) is 0. The normalized spacial score (nSPS) is 19.8. The summed E-state index contributed by atoms with van der Waals surface area (Å²) in [5.41, 5.74) is 2.03. The maximum Gasteiger partial charge on any atom is 0.250 e. The van der Waals surface area contributed by atoms with Crippen molar-refractivity contribution in [3.8, 4) is 0 Å². The van der Waals surface area contributed by atoms with E-state index in [1.165, 1.54) is 0 Å². The molecule has 0 bridgehead atoms. The van der Waals surface area contributed by atoms with E-state index in [-0.39, 0.29) is 11.7 Å². The van der Waals surface area contributed by atoms with Crippen molar-refractivity contribution in [3.05, 3.63) is 40.4 Å². The molecule has 0 amide bonds. The molecule has 2 rings (SSSR count). The van der Waals surface area contributed by atoms with Crippen LogP contribution < -0.4 is 5.56 Å². The van der Waals surface area contributed by atoms with Crippen molar-refractivity contribution in [2.24, 2.45) is 12.0 Å². The minimum atomic E-state index is -0.00109. The molecule has 0 saturated heterocycles. The number of nitrogens with zero attached hydrogens (tertiary/aromatic N) is 3.